The molecule has 8 heteroatoms. The van der Waals surface area contributed by atoms with Gasteiger partial charge in [-0.3, -0.25) is 14.4 Å². The molecule has 7 nitrogen and oxygen atoms in total. The molecule has 2 amide bonds. The first-order valence-electron chi connectivity index (χ1n) is 13.0. The Morgan fingerprint density at radius 3 is 2.58 bits per heavy atom. The molecule has 0 saturated carbocycles. The maximum atomic E-state index is 13.6. The zero-order chi connectivity index (χ0) is 26.6. The van der Waals surface area contributed by atoms with Crippen molar-refractivity contribution in [1.29, 1.82) is 0 Å². The molecule has 0 aliphatic carbocycles. The number of aliphatic hydroxyl groups is 1. The first kappa shape index (κ1) is 28.3. The van der Waals surface area contributed by atoms with E-state index in [0.717, 1.165) is 35.5 Å². The van der Waals surface area contributed by atoms with Crippen molar-refractivity contribution >= 4 is 35.0 Å². The Bertz CT molecular complexity index is 1050. The number of carbonyl (C=O) groups is 3. The Kier molecular flexibility index (Phi) is 9.28. The number of amides is 2. The lowest BCUT2D eigenvalue weighted by Crippen LogP contribution is -2.49. The molecule has 1 saturated heterocycles. The molecule has 198 valence electrons. The molecule has 3 N–H and O–H groups in total. The van der Waals surface area contributed by atoms with Crippen LogP contribution in [-0.2, 0) is 14.4 Å². The van der Waals surface area contributed by atoms with E-state index < -0.39 is 23.5 Å². The van der Waals surface area contributed by atoms with Gasteiger partial charge >= 0.3 is 0 Å². The molecule has 1 aromatic heterocycles. The van der Waals surface area contributed by atoms with E-state index in [9.17, 15) is 19.5 Å². The Balaban J connectivity index is 1.91. The SMILES string of the molecule is C/C1=C/C[C@@H](/C(C)=C/c2csc(C)n2)NC(=O)C[C@H]2NC(=O)C[C@@]2(C)C(=O)[C@H](C)[C@@H](O)[C@@H](C)CCC1. The monoisotopic (exact) mass is 515 g/mol. The standard InChI is InChI=1S/C28H41N3O4S/c1-16-8-7-9-17(2)26(34)19(4)27(35)28(6)14-25(33)31-23(28)13-24(32)30-22(11-10-16)18(3)12-21-15-36-20(5)29-21/h10,12,15,17,19,22-23,26,34H,7-9,11,13-14H2,1-6H3,(H,30,32)(H,31,33)/b16-10-,18-12+/t17-,19+,22-,23+,26-,28+/m0/s1. The van der Waals surface area contributed by atoms with Gasteiger partial charge in [0.2, 0.25) is 11.8 Å². The molecule has 2 aliphatic rings. The molecule has 1 fully saturated rings. The van der Waals surface area contributed by atoms with Gasteiger partial charge in [0.05, 0.1) is 34.3 Å². The maximum Gasteiger partial charge on any atom is 0.222 e. The summed E-state index contributed by atoms with van der Waals surface area (Å²) in [7, 11) is 0. The summed E-state index contributed by atoms with van der Waals surface area (Å²) in [5.41, 5.74) is 2.07. The average Bonchev–Trinajstić information content (AvgIpc) is 3.35. The van der Waals surface area contributed by atoms with Gasteiger partial charge in [-0.2, -0.15) is 0 Å². The van der Waals surface area contributed by atoms with Gasteiger partial charge in [0.25, 0.3) is 0 Å². The first-order valence-corrected chi connectivity index (χ1v) is 13.9. The summed E-state index contributed by atoms with van der Waals surface area (Å²) in [4.78, 5) is 43.7. The van der Waals surface area contributed by atoms with Crippen LogP contribution in [0.1, 0.15) is 83.8 Å². The zero-order valence-electron chi connectivity index (χ0n) is 22.4. The number of nitrogens with zero attached hydrogens (tertiary/aromatic N) is 1. The number of Topliss-reactive ketones (excluding diaryl/α,β-unsaturated/α-hetero) is 1. The number of aliphatic hydroxyl groups excluding tert-OH is 1. The topological polar surface area (TPSA) is 108 Å². The van der Waals surface area contributed by atoms with Crippen molar-refractivity contribution in [1.82, 2.24) is 15.6 Å². The minimum Gasteiger partial charge on any atom is -0.392 e. The van der Waals surface area contributed by atoms with Crippen molar-refractivity contribution in [3.8, 4) is 0 Å². The first-order chi connectivity index (χ1) is 16.9. The van der Waals surface area contributed by atoms with Crippen LogP contribution in [0.25, 0.3) is 6.08 Å². The van der Waals surface area contributed by atoms with Gasteiger partial charge in [-0.1, -0.05) is 32.4 Å². The highest BCUT2D eigenvalue weighted by molar-refractivity contribution is 7.09. The number of nitrogens with one attached hydrogen (secondary N) is 2. The molecule has 0 spiro atoms. The van der Waals surface area contributed by atoms with Gasteiger partial charge in [0, 0.05) is 24.1 Å². The third-order valence-electron chi connectivity index (χ3n) is 7.92. The van der Waals surface area contributed by atoms with E-state index in [1.54, 1.807) is 25.2 Å². The summed E-state index contributed by atoms with van der Waals surface area (Å²) in [6, 6.07) is -0.833. The summed E-state index contributed by atoms with van der Waals surface area (Å²) in [5.74, 6) is -1.27. The molecular formula is C28H41N3O4S. The highest BCUT2D eigenvalue weighted by Gasteiger charge is 2.51. The minimum atomic E-state index is -1.04. The molecule has 6 atom stereocenters. The fourth-order valence-corrected chi connectivity index (χ4v) is 6.01. The van der Waals surface area contributed by atoms with Crippen LogP contribution in [0.5, 0.6) is 0 Å². The number of carbonyl (C=O) groups excluding carboxylic acids is 3. The summed E-state index contributed by atoms with van der Waals surface area (Å²) in [5, 5.41) is 19.9. The lowest BCUT2D eigenvalue weighted by molar-refractivity contribution is -0.138. The van der Waals surface area contributed by atoms with Crippen LogP contribution in [0.15, 0.2) is 22.6 Å². The van der Waals surface area contributed by atoms with Gasteiger partial charge in [-0.25, -0.2) is 4.98 Å². The van der Waals surface area contributed by atoms with Crippen molar-refractivity contribution in [2.75, 3.05) is 0 Å². The smallest absolute Gasteiger partial charge is 0.222 e. The minimum absolute atomic E-state index is 0.00857. The molecular weight excluding hydrogens is 474 g/mol. The fraction of sp³-hybridized carbons (Fsp3) is 0.643. The van der Waals surface area contributed by atoms with E-state index in [2.05, 4.69) is 28.6 Å². The van der Waals surface area contributed by atoms with Crippen molar-refractivity contribution in [3.05, 3.63) is 33.3 Å². The summed E-state index contributed by atoms with van der Waals surface area (Å²) >= 11 is 1.59. The van der Waals surface area contributed by atoms with E-state index in [4.69, 9.17) is 0 Å². The molecule has 0 radical (unpaired) electrons. The highest BCUT2D eigenvalue weighted by atomic mass is 32.1. The van der Waals surface area contributed by atoms with Gasteiger partial charge < -0.3 is 15.7 Å². The Hall–Kier alpha value is -2.32. The fourth-order valence-electron chi connectivity index (χ4n) is 5.44. The van der Waals surface area contributed by atoms with E-state index in [0.29, 0.717) is 6.42 Å². The zero-order valence-corrected chi connectivity index (χ0v) is 23.2. The van der Waals surface area contributed by atoms with Gasteiger partial charge in [-0.05, 0) is 64.0 Å². The third kappa shape index (κ3) is 6.71. The van der Waals surface area contributed by atoms with E-state index in [1.807, 2.05) is 32.2 Å². The normalized spacial score (nSPS) is 35.0. The number of hydrogen-bond acceptors (Lipinski definition) is 6. The van der Waals surface area contributed by atoms with Gasteiger partial charge in [0.1, 0.15) is 5.78 Å². The molecule has 0 unspecified atom stereocenters. The second-order valence-corrected chi connectivity index (χ2v) is 12.1. The number of rotatable bonds is 2. The average molecular weight is 516 g/mol. The van der Waals surface area contributed by atoms with Crippen molar-refractivity contribution in [3.63, 3.8) is 0 Å². The summed E-state index contributed by atoms with van der Waals surface area (Å²) in [6.45, 7) is 11.5. The van der Waals surface area contributed by atoms with Crippen molar-refractivity contribution in [2.24, 2.45) is 17.3 Å². The number of ketones is 1. The molecule has 3 rings (SSSR count). The van der Waals surface area contributed by atoms with Crippen LogP contribution in [0.3, 0.4) is 0 Å². The summed E-state index contributed by atoms with van der Waals surface area (Å²) < 4.78 is 0. The number of hydrogen-bond donors (Lipinski definition) is 3. The maximum absolute atomic E-state index is 13.6. The quantitative estimate of drug-likeness (QED) is 0.508. The molecule has 3 heterocycles. The van der Waals surface area contributed by atoms with E-state index >= 15 is 0 Å². The Morgan fingerprint density at radius 1 is 1.19 bits per heavy atom. The number of allylic oxidation sites excluding steroid dienone is 1. The van der Waals surface area contributed by atoms with Crippen LogP contribution in [0.2, 0.25) is 0 Å². The number of aromatic nitrogens is 1. The lowest BCUT2D eigenvalue weighted by atomic mass is 9.70. The molecule has 2 aliphatic heterocycles. The highest BCUT2D eigenvalue weighted by Crippen LogP contribution is 2.38. The number of fused-ring (bicyclic) bond motifs is 1. The number of thiazole rings is 1. The van der Waals surface area contributed by atoms with Crippen LogP contribution in [-0.4, -0.2) is 45.9 Å². The molecule has 36 heavy (non-hydrogen) atoms. The summed E-state index contributed by atoms with van der Waals surface area (Å²) in [6.07, 6.45) is 6.69. The predicted octanol–water partition coefficient (Wildman–Crippen LogP) is 4.35. The van der Waals surface area contributed by atoms with Crippen LogP contribution in [0.4, 0.5) is 0 Å². The van der Waals surface area contributed by atoms with Crippen LogP contribution >= 0.6 is 11.3 Å². The van der Waals surface area contributed by atoms with Gasteiger partial charge in [0.15, 0.2) is 0 Å². The predicted molar refractivity (Wildman–Crippen MR) is 143 cm³/mol. The second kappa shape index (κ2) is 11.8. The number of aryl methyl sites for hydroxylation is 1. The second-order valence-electron chi connectivity index (χ2n) is 11.0. The van der Waals surface area contributed by atoms with E-state index in [-0.39, 0.29) is 42.4 Å². The van der Waals surface area contributed by atoms with Crippen molar-refractivity contribution in [2.45, 2.75) is 98.3 Å². The third-order valence-corrected chi connectivity index (χ3v) is 8.71. The van der Waals surface area contributed by atoms with E-state index in [1.165, 1.54) is 5.57 Å². The Labute approximate surface area is 218 Å². The molecule has 0 aromatic carbocycles. The molecule has 0 bridgehead atoms. The largest absolute Gasteiger partial charge is 0.392 e. The van der Waals surface area contributed by atoms with Crippen LogP contribution in [0, 0.1) is 24.2 Å². The Morgan fingerprint density at radius 2 is 1.92 bits per heavy atom. The van der Waals surface area contributed by atoms with Crippen LogP contribution < -0.4 is 10.6 Å². The van der Waals surface area contributed by atoms with Gasteiger partial charge in [-0.15, -0.1) is 11.3 Å². The van der Waals surface area contributed by atoms with Crippen molar-refractivity contribution < 1.29 is 19.5 Å². The lowest BCUT2D eigenvalue weighted by Gasteiger charge is -2.34. The molecule has 1 aromatic rings.